The number of hydrogen-bond acceptors (Lipinski definition) is 3. The number of hydrogen-bond donors (Lipinski definition) is 0. The molecule has 1 amide bonds. The van der Waals surface area contributed by atoms with E-state index in [0.29, 0.717) is 24.5 Å². The number of rotatable bonds is 4. The highest BCUT2D eigenvalue weighted by molar-refractivity contribution is 5.94. The van der Waals surface area contributed by atoms with E-state index in [4.69, 9.17) is 0 Å². The van der Waals surface area contributed by atoms with Crippen molar-refractivity contribution in [2.24, 2.45) is 0 Å². The van der Waals surface area contributed by atoms with Crippen molar-refractivity contribution < 1.29 is 4.79 Å². The van der Waals surface area contributed by atoms with Gasteiger partial charge in [0.05, 0.1) is 18.1 Å². The molecule has 4 aromatic rings. The highest BCUT2D eigenvalue weighted by Gasteiger charge is 2.31. The van der Waals surface area contributed by atoms with Gasteiger partial charge in [-0.05, 0) is 57.5 Å². The lowest BCUT2D eigenvalue weighted by atomic mass is 10.0. The van der Waals surface area contributed by atoms with Crippen LogP contribution in [0.4, 0.5) is 0 Å². The number of benzene rings is 1. The van der Waals surface area contributed by atoms with Gasteiger partial charge in [-0.1, -0.05) is 11.6 Å². The van der Waals surface area contributed by atoms with Crippen LogP contribution in [0, 0.1) is 13.8 Å². The number of amides is 1. The maximum Gasteiger partial charge on any atom is 0.275 e. The minimum atomic E-state index is -0.168. The van der Waals surface area contributed by atoms with Crippen LogP contribution in [0.5, 0.6) is 0 Å². The zero-order valence-corrected chi connectivity index (χ0v) is 18.9. The summed E-state index contributed by atoms with van der Waals surface area (Å²) < 4.78 is 5.54. The van der Waals surface area contributed by atoms with E-state index in [0.717, 1.165) is 17.8 Å². The molecular formula is C25H27N5O2. The topological polar surface area (TPSA) is 65.1 Å². The summed E-state index contributed by atoms with van der Waals surface area (Å²) in [5.41, 5.74) is 5.13. The molecule has 7 nitrogen and oxygen atoms in total. The Bertz CT molecular complexity index is 1410. The minimum absolute atomic E-state index is 0.0978. The average Bonchev–Trinajstić information content (AvgIpc) is 3.37. The van der Waals surface area contributed by atoms with Crippen molar-refractivity contribution >= 4 is 16.8 Å². The Balaban J connectivity index is 1.53. The molecule has 164 valence electrons. The summed E-state index contributed by atoms with van der Waals surface area (Å²) in [6.07, 6.45) is 5.60. The van der Waals surface area contributed by atoms with E-state index in [2.05, 4.69) is 54.7 Å². The van der Waals surface area contributed by atoms with Gasteiger partial charge in [-0.3, -0.25) is 9.59 Å². The first kappa shape index (κ1) is 20.3. The molecule has 1 atom stereocenters. The summed E-state index contributed by atoms with van der Waals surface area (Å²) in [5, 5.41) is 1.18. The molecule has 32 heavy (non-hydrogen) atoms. The molecule has 0 saturated carbocycles. The molecule has 1 aromatic carbocycles. The molecule has 7 heteroatoms. The number of imidazole rings is 1. The Morgan fingerprint density at radius 1 is 1.06 bits per heavy atom. The fourth-order valence-electron chi connectivity index (χ4n) is 4.75. The first-order valence-electron chi connectivity index (χ1n) is 11.0. The first-order chi connectivity index (χ1) is 15.4. The molecule has 0 aliphatic carbocycles. The number of nitrogens with zero attached hydrogens (tertiary/aromatic N) is 5. The number of fused-ring (bicyclic) bond motifs is 2. The highest BCUT2D eigenvalue weighted by atomic mass is 16.2. The fourth-order valence-corrected chi connectivity index (χ4v) is 4.75. The maximum atomic E-state index is 13.5. The van der Waals surface area contributed by atoms with Gasteiger partial charge in [0.15, 0.2) is 0 Å². The van der Waals surface area contributed by atoms with Crippen LogP contribution in [-0.4, -0.2) is 36.0 Å². The van der Waals surface area contributed by atoms with Gasteiger partial charge in [-0.25, -0.2) is 4.98 Å². The van der Waals surface area contributed by atoms with Gasteiger partial charge in [0.2, 0.25) is 0 Å². The van der Waals surface area contributed by atoms with Crippen molar-refractivity contribution in [1.29, 1.82) is 0 Å². The lowest BCUT2D eigenvalue weighted by molar-refractivity contribution is 0.0629. The van der Waals surface area contributed by atoms with E-state index >= 15 is 0 Å². The van der Waals surface area contributed by atoms with E-state index in [-0.39, 0.29) is 17.5 Å². The smallest absolute Gasteiger partial charge is 0.275 e. The molecule has 0 N–H and O–H groups in total. The van der Waals surface area contributed by atoms with E-state index in [1.54, 1.807) is 27.6 Å². The number of aromatic nitrogens is 4. The number of aryl methyl sites for hydroxylation is 3. The zero-order valence-electron chi connectivity index (χ0n) is 18.9. The molecule has 4 heterocycles. The van der Waals surface area contributed by atoms with Gasteiger partial charge >= 0.3 is 0 Å². The van der Waals surface area contributed by atoms with Gasteiger partial charge < -0.3 is 18.6 Å². The van der Waals surface area contributed by atoms with Crippen LogP contribution in [0.3, 0.4) is 0 Å². The fraction of sp³-hybridized carbons (Fsp3) is 0.320. The van der Waals surface area contributed by atoms with Crippen LogP contribution in [-0.2, 0) is 13.1 Å². The van der Waals surface area contributed by atoms with E-state index in [1.165, 1.54) is 16.5 Å². The van der Waals surface area contributed by atoms with Gasteiger partial charge in [-0.2, -0.15) is 0 Å². The number of carbonyl (C=O) groups is 1. The van der Waals surface area contributed by atoms with Crippen molar-refractivity contribution in [2.45, 2.75) is 46.8 Å². The van der Waals surface area contributed by atoms with Crippen molar-refractivity contribution in [3.05, 3.63) is 81.9 Å². The van der Waals surface area contributed by atoms with E-state index in [9.17, 15) is 9.59 Å². The van der Waals surface area contributed by atoms with Crippen molar-refractivity contribution in [3.63, 3.8) is 0 Å². The highest BCUT2D eigenvalue weighted by Crippen LogP contribution is 2.32. The Labute approximate surface area is 186 Å². The van der Waals surface area contributed by atoms with Crippen molar-refractivity contribution in [2.75, 3.05) is 6.54 Å². The standard InChI is InChI=1S/C25H27N5O2/c1-5-27-14-20(19-12-16(2)6-7-21(19)27)18(4)29-10-11-30-23(25(29)32)9-8-22(24(30)31)28-13-17(3)26-15-28/h6-9,12-15,18H,5,10-11H2,1-4H3. The SMILES string of the molecule is CCn1cc(C(C)N2CCn3c(ccc(-n4cnc(C)c4)c3=O)C2=O)c2cc(C)ccc21. The second-order valence-electron chi connectivity index (χ2n) is 8.55. The Morgan fingerprint density at radius 3 is 2.59 bits per heavy atom. The van der Waals surface area contributed by atoms with Gasteiger partial charge in [0.25, 0.3) is 11.5 Å². The zero-order chi connectivity index (χ0) is 22.6. The summed E-state index contributed by atoms with van der Waals surface area (Å²) in [6, 6.07) is 9.84. The molecular weight excluding hydrogens is 402 g/mol. The minimum Gasteiger partial charge on any atom is -0.347 e. The average molecular weight is 430 g/mol. The molecule has 0 bridgehead atoms. The van der Waals surface area contributed by atoms with Gasteiger partial charge in [-0.15, -0.1) is 0 Å². The molecule has 0 radical (unpaired) electrons. The normalized spacial score (nSPS) is 14.8. The molecule has 1 aliphatic heterocycles. The molecule has 1 unspecified atom stereocenters. The maximum absolute atomic E-state index is 13.5. The predicted molar refractivity (Wildman–Crippen MR) is 124 cm³/mol. The van der Waals surface area contributed by atoms with E-state index < -0.39 is 0 Å². The Kier molecular flexibility index (Phi) is 4.77. The number of pyridine rings is 1. The van der Waals surface area contributed by atoms with Crippen molar-refractivity contribution in [3.8, 4) is 5.69 Å². The summed E-state index contributed by atoms with van der Waals surface area (Å²) in [6.45, 7) is 10.0. The third kappa shape index (κ3) is 3.07. The third-order valence-electron chi connectivity index (χ3n) is 6.51. The molecule has 0 spiro atoms. The van der Waals surface area contributed by atoms with Gasteiger partial charge in [0.1, 0.15) is 11.4 Å². The molecule has 3 aromatic heterocycles. The number of carbonyl (C=O) groups excluding carboxylic acids is 1. The van der Waals surface area contributed by atoms with Crippen LogP contribution < -0.4 is 5.56 Å². The van der Waals surface area contributed by atoms with Crippen LogP contribution in [0.2, 0.25) is 0 Å². The molecule has 1 aliphatic rings. The quantitative estimate of drug-likeness (QED) is 0.495. The Hall–Kier alpha value is -3.61. The summed E-state index contributed by atoms with van der Waals surface area (Å²) in [7, 11) is 0. The first-order valence-corrected chi connectivity index (χ1v) is 11.0. The lowest BCUT2D eigenvalue weighted by Gasteiger charge is -2.34. The molecule has 0 saturated heterocycles. The second-order valence-corrected chi connectivity index (χ2v) is 8.55. The van der Waals surface area contributed by atoms with E-state index in [1.807, 2.05) is 18.0 Å². The summed E-state index contributed by atoms with van der Waals surface area (Å²) in [4.78, 5) is 32.7. The van der Waals surface area contributed by atoms with Crippen LogP contribution in [0.15, 0.2) is 53.8 Å². The predicted octanol–water partition coefficient (Wildman–Crippen LogP) is 3.84. The summed E-state index contributed by atoms with van der Waals surface area (Å²) >= 11 is 0. The van der Waals surface area contributed by atoms with Gasteiger partial charge in [0, 0.05) is 42.9 Å². The lowest BCUT2D eigenvalue weighted by Crippen LogP contribution is -2.45. The largest absolute Gasteiger partial charge is 0.347 e. The summed E-state index contributed by atoms with van der Waals surface area (Å²) in [5.74, 6) is -0.112. The molecule has 5 rings (SSSR count). The molecule has 0 fully saturated rings. The third-order valence-corrected chi connectivity index (χ3v) is 6.51. The van der Waals surface area contributed by atoms with Crippen LogP contribution in [0.1, 0.15) is 47.2 Å². The monoisotopic (exact) mass is 429 g/mol. The van der Waals surface area contributed by atoms with Crippen LogP contribution in [0.25, 0.3) is 16.6 Å². The van der Waals surface area contributed by atoms with Crippen molar-refractivity contribution in [1.82, 2.24) is 23.6 Å². The Morgan fingerprint density at radius 2 is 1.88 bits per heavy atom. The van der Waals surface area contributed by atoms with Crippen LogP contribution >= 0.6 is 0 Å². The second kappa shape index (κ2) is 7.51.